The van der Waals surface area contributed by atoms with Gasteiger partial charge >= 0.3 is 0 Å². The normalized spacial score (nSPS) is 12.5. The highest BCUT2D eigenvalue weighted by Gasteiger charge is 2.11. The monoisotopic (exact) mass is 319 g/mol. The molecule has 1 atom stereocenters. The molecule has 2 rings (SSSR count). The van der Waals surface area contributed by atoms with Gasteiger partial charge in [0.1, 0.15) is 0 Å². The number of benzene rings is 1. The molecule has 0 saturated carbocycles. The van der Waals surface area contributed by atoms with Gasteiger partial charge in [0.15, 0.2) is 0 Å². The summed E-state index contributed by atoms with van der Waals surface area (Å²) < 4.78 is 0.784. The van der Waals surface area contributed by atoms with E-state index in [1.807, 2.05) is 30.5 Å². The molecule has 18 heavy (non-hydrogen) atoms. The minimum Gasteiger partial charge on any atom is -0.377 e. The van der Waals surface area contributed by atoms with Crippen LogP contribution >= 0.6 is 46.1 Å². The molecule has 2 aromatic rings. The second kappa shape index (κ2) is 5.70. The van der Waals surface area contributed by atoms with Crippen LogP contribution in [0, 0.1) is 6.92 Å². The summed E-state index contributed by atoms with van der Waals surface area (Å²) in [5.41, 5.74) is 2.94. The molecule has 0 aliphatic carbocycles. The lowest BCUT2D eigenvalue weighted by atomic mass is 10.1. The van der Waals surface area contributed by atoms with Gasteiger partial charge in [-0.1, -0.05) is 34.8 Å². The Morgan fingerprint density at radius 3 is 2.44 bits per heavy atom. The molecular formula is C13H12Cl3NS. The predicted molar refractivity (Wildman–Crippen MR) is 82.6 cm³/mol. The number of rotatable bonds is 3. The van der Waals surface area contributed by atoms with E-state index in [1.165, 1.54) is 11.3 Å². The van der Waals surface area contributed by atoms with Crippen molar-refractivity contribution in [1.29, 1.82) is 0 Å². The van der Waals surface area contributed by atoms with E-state index >= 15 is 0 Å². The van der Waals surface area contributed by atoms with Gasteiger partial charge in [0.2, 0.25) is 0 Å². The summed E-state index contributed by atoms with van der Waals surface area (Å²) >= 11 is 19.7. The first-order valence-corrected chi connectivity index (χ1v) is 7.45. The van der Waals surface area contributed by atoms with Crippen molar-refractivity contribution in [3.63, 3.8) is 0 Å². The Balaban J connectivity index is 2.21. The van der Waals surface area contributed by atoms with Crippen LogP contribution in [0.1, 0.15) is 24.1 Å². The fourth-order valence-electron chi connectivity index (χ4n) is 1.62. The van der Waals surface area contributed by atoms with Crippen molar-refractivity contribution in [1.82, 2.24) is 0 Å². The molecule has 5 heteroatoms. The van der Waals surface area contributed by atoms with E-state index in [0.29, 0.717) is 10.0 Å². The minimum atomic E-state index is 0.130. The maximum atomic E-state index is 6.19. The summed E-state index contributed by atoms with van der Waals surface area (Å²) in [5.74, 6) is 0. The summed E-state index contributed by atoms with van der Waals surface area (Å²) in [6.07, 6.45) is 0. The molecule has 0 spiro atoms. The number of anilines is 1. The summed E-state index contributed by atoms with van der Waals surface area (Å²) in [5, 5.41) is 6.75. The molecule has 0 aliphatic rings. The summed E-state index contributed by atoms with van der Waals surface area (Å²) in [7, 11) is 0. The topological polar surface area (TPSA) is 12.0 Å². The average Bonchev–Trinajstić information content (AvgIpc) is 2.73. The van der Waals surface area contributed by atoms with Crippen LogP contribution in [-0.4, -0.2) is 0 Å². The minimum absolute atomic E-state index is 0.130. The molecule has 0 aliphatic heterocycles. The molecule has 1 nitrogen and oxygen atoms in total. The molecule has 0 fully saturated rings. The summed E-state index contributed by atoms with van der Waals surface area (Å²) in [6, 6.07) is 5.79. The molecule has 1 aromatic carbocycles. The summed E-state index contributed by atoms with van der Waals surface area (Å²) in [6.45, 7) is 3.99. The van der Waals surface area contributed by atoms with Crippen molar-refractivity contribution in [3.05, 3.63) is 49.1 Å². The van der Waals surface area contributed by atoms with Gasteiger partial charge in [-0.25, -0.2) is 0 Å². The van der Waals surface area contributed by atoms with Gasteiger partial charge in [0.25, 0.3) is 0 Å². The molecule has 0 amide bonds. The Kier molecular flexibility index (Phi) is 4.44. The van der Waals surface area contributed by atoms with Crippen LogP contribution in [0.4, 0.5) is 5.69 Å². The first-order chi connectivity index (χ1) is 8.47. The van der Waals surface area contributed by atoms with Crippen LogP contribution < -0.4 is 5.32 Å². The molecule has 1 aromatic heterocycles. The van der Waals surface area contributed by atoms with Gasteiger partial charge in [-0.05, 0) is 48.6 Å². The van der Waals surface area contributed by atoms with Crippen molar-refractivity contribution >= 4 is 51.8 Å². The van der Waals surface area contributed by atoms with Crippen LogP contribution in [0.5, 0.6) is 0 Å². The van der Waals surface area contributed by atoms with Crippen LogP contribution in [0.15, 0.2) is 23.6 Å². The highest BCUT2D eigenvalue weighted by atomic mass is 35.5. The zero-order chi connectivity index (χ0) is 13.3. The number of nitrogens with one attached hydrogen (secondary N) is 1. The van der Waals surface area contributed by atoms with Crippen molar-refractivity contribution < 1.29 is 0 Å². The molecule has 96 valence electrons. The molecule has 1 unspecified atom stereocenters. The Labute approximate surface area is 126 Å². The Bertz CT molecular complexity index is 565. The zero-order valence-electron chi connectivity index (χ0n) is 9.93. The third kappa shape index (κ3) is 3.12. The Morgan fingerprint density at radius 2 is 1.83 bits per heavy atom. The number of hydrogen-bond donors (Lipinski definition) is 1. The van der Waals surface area contributed by atoms with Gasteiger partial charge in [0, 0.05) is 11.1 Å². The van der Waals surface area contributed by atoms with Gasteiger partial charge in [-0.2, -0.15) is 0 Å². The average molecular weight is 321 g/mol. The highest BCUT2D eigenvalue weighted by Crippen LogP contribution is 2.32. The lowest BCUT2D eigenvalue weighted by Gasteiger charge is -2.16. The third-order valence-corrected chi connectivity index (χ3v) is 4.54. The lowest BCUT2D eigenvalue weighted by molar-refractivity contribution is 0.890. The zero-order valence-corrected chi connectivity index (χ0v) is 13.0. The van der Waals surface area contributed by atoms with E-state index in [0.717, 1.165) is 21.2 Å². The van der Waals surface area contributed by atoms with Gasteiger partial charge in [-0.15, -0.1) is 11.3 Å². The van der Waals surface area contributed by atoms with Crippen molar-refractivity contribution in [2.45, 2.75) is 19.9 Å². The van der Waals surface area contributed by atoms with Crippen molar-refractivity contribution in [2.24, 2.45) is 0 Å². The first-order valence-electron chi connectivity index (χ1n) is 5.43. The van der Waals surface area contributed by atoms with Gasteiger partial charge < -0.3 is 5.32 Å². The van der Waals surface area contributed by atoms with Crippen LogP contribution in [0.25, 0.3) is 0 Å². The predicted octanol–water partition coefficient (Wildman–Crippen LogP) is 6.19. The lowest BCUT2D eigenvalue weighted by Crippen LogP contribution is -2.06. The van der Waals surface area contributed by atoms with E-state index in [1.54, 1.807) is 0 Å². The van der Waals surface area contributed by atoms with Crippen molar-refractivity contribution in [3.8, 4) is 0 Å². The largest absolute Gasteiger partial charge is 0.377 e. The van der Waals surface area contributed by atoms with Gasteiger partial charge in [-0.3, -0.25) is 0 Å². The standard InChI is InChI=1S/C13H12Cl3NS/c1-7-3-11(15)12(5-10(7)14)17-8(2)9-4-13(16)18-6-9/h3-6,8,17H,1-2H3. The molecule has 0 bridgehead atoms. The van der Waals surface area contributed by atoms with Crippen molar-refractivity contribution in [2.75, 3.05) is 5.32 Å². The molecule has 0 radical (unpaired) electrons. The van der Waals surface area contributed by atoms with Crippen LogP contribution in [-0.2, 0) is 0 Å². The van der Waals surface area contributed by atoms with E-state index < -0.39 is 0 Å². The molecule has 1 heterocycles. The maximum Gasteiger partial charge on any atom is 0.0931 e. The number of aryl methyl sites for hydroxylation is 1. The van der Waals surface area contributed by atoms with Gasteiger partial charge in [0.05, 0.1) is 15.0 Å². The van der Waals surface area contributed by atoms with E-state index in [2.05, 4.69) is 12.2 Å². The number of hydrogen-bond acceptors (Lipinski definition) is 2. The van der Waals surface area contributed by atoms with E-state index in [9.17, 15) is 0 Å². The quantitative estimate of drug-likeness (QED) is 0.711. The fraction of sp³-hybridized carbons (Fsp3) is 0.231. The maximum absolute atomic E-state index is 6.19. The number of thiophene rings is 1. The smallest absolute Gasteiger partial charge is 0.0931 e. The first kappa shape index (κ1) is 14.0. The second-order valence-corrected chi connectivity index (χ2v) is 6.49. The van der Waals surface area contributed by atoms with Crippen LogP contribution in [0.2, 0.25) is 14.4 Å². The SMILES string of the molecule is Cc1cc(Cl)c(NC(C)c2csc(Cl)c2)cc1Cl. The fourth-order valence-corrected chi connectivity index (χ4v) is 3.04. The summed E-state index contributed by atoms with van der Waals surface area (Å²) in [4.78, 5) is 0. The molecule has 0 saturated heterocycles. The van der Waals surface area contributed by atoms with E-state index in [-0.39, 0.29) is 6.04 Å². The number of halogens is 3. The highest BCUT2D eigenvalue weighted by molar-refractivity contribution is 7.14. The Morgan fingerprint density at radius 1 is 1.11 bits per heavy atom. The van der Waals surface area contributed by atoms with Crippen LogP contribution in [0.3, 0.4) is 0 Å². The van der Waals surface area contributed by atoms with E-state index in [4.69, 9.17) is 34.8 Å². The third-order valence-electron chi connectivity index (χ3n) is 2.71. The Hall–Kier alpha value is -0.410. The second-order valence-electron chi connectivity index (χ2n) is 4.13. The molecular weight excluding hydrogens is 309 g/mol. The molecule has 1 N–H and O–H groups in total.